The van der Waals surface area contributed by atoms with E-state index < -0.39 is 0 Å². The molecule has 1 atom stereocenters. The minimum Gasteiger partial charge on any atom is -0.300 e. The smallest absolute Gasteiger partial charge is 0.131 e. The van der Waals surface area contributed by atoms with Crippen molar-refractivity contribution in [3.63, 3.8) is 0 Å². The van der Waals surface area contributed by atoms with Crippen LogP contribution in [0.15, 0.2) is 28.7 Å². The van der Waals surface area contributed by atoms with Gasteiger partial charge in [-0.1, -0.05) is 34.5 Å². The number of ketones is 1. The van der Waals surface area contributed by atoms with Gasteiger partial charge in [0.15, 0.2) is 0 Å². The fraction of sp³-hybridized carbons (Fsp3) is 0.533. The first-order chi connectivity index (χ1) is 8.65. The summed E-state index contributed by atoms with van der Waals surface area (Å²) in [5.74, 6) is 0.307. The molecule has 1 aliphatic heterocycles. The van der Waals surface area contributed by atoms with E-state index in [-0.39, 0.29) is 0 Å². The van der Waals surface area contributed by atoms with Crippen molar-refractivity contribution in [2.24, 2.45) is 0 Å². The highest BCUT2D eigenvalue weighted by molar-refractivity contribution is 9.10. The molecule has 1 heterocycles. The third-order valence-electron chi connectivity index (χ3n) is 3.55. The van der Waals surface area contributed by atoms with Gasteiger partial charge in [-0.3, -0.25) is 9.69 Å². The van der Waals surface area contributed by atoms with Crippen molar-refractivity contribution >= 4 is 21.7 Å². The lowest BCUT2D eigenvalue weighted by atomic mass is 9.97. The summed E-state index contributed by atoms with van der Waals surface area (Å²) in [7, 11) is 0. The SMILES string of the molecule is CC(=O)CC1CCCCN1Cc1cccc(Br)c1. The first kappa shape index (κ1) is 13.8. The number of carbonyl (C=O) groups is 1. The van der Waals surface area contributed by atoms with Crippen LogP contribution >= 0.6 is 15.9 Å². The van der Waals surface area contributed by atoms with Crippen molar-refractivity contribution in [1.82, 2.24) is 4.90 Å². The maximum Gasteiger partial charge on any atom is 0.131 e. The molecule has 1 aromatic carbocycles. The van der Waals surface area contributed by atoms with Crippen LogP contribution in [0, 0.1) is 0 Å². The highest BCUT2D eigenvalue weighted by atomic mass is 79.9. The van der Waals surface area contributed by atoms with Crippen molar-refractivity contribution in [3.05, 3.63) is 34.3 Å². The third-order valence-corrected chi connectivity index (χ3v) is 4.04. The summed E-state index contributed by atoms with van der Waals surface area (Å²) in [6.07, 6.45) is 4.37. The predicted octanol–water partition coefficient (Wildman–Crippen LogP) is 3.78. The Hall–Kier alpha value is -0.670. The van der Waals surface area contributed by atoms with Gasteiger partial charge in [0.2, 0.25) is 0 Å². The quantitative estimate of drug-likeness (QED) is 0.843. The van der Waals surface area contributed by atoms with Gasteiger partial charge in [0.1, 0.15) is 5.78 Å². The summed E-state index contributed by atoms with van der Waals surface area (Å²) in [5.41, 5.74) is 1.32. The number of rotatable bonds is 4. The number of likely N-dealkylation sites (tertiary alicyclic amines) is 1. The minimum atomic E-state index is 0.307. The van der Waals surface area contributed by atoms with Gasteiger partial charge in [-0.25, -0.2) is 0 Å². The molecule has 0 radical (unpaired) electrons. The first-order valence-corrected chi connectivity index (χ1v) is 7.42. The molecule has 18 heavy (non-hydrogen) atoms. The Morgan fingerprint density at radius 3 is 3.00 bits per heavy atom. The van der Waals surface area contributed by atoms with Crippen LogP contribution in [0.4, 0.5) is 0 Å². The van der Waals surface area contributed by atoms with E-state index >= 15 is 0 Å². The molecule has 1 saturated heterocycles. The molecule has 0 bridgehead atoms. The van der Waals surface area contributed by atoms with Crippen LogP contribution in [-0.2, 0) is 11.3 Å². The lowest BCUT2D eigenvalue weighted by molar-refractivity contribution is -0.118. The summed E-state index contributed by atoms with van der Waals surface area (Å²) in [6.45, 7) is 3.77. The molecule has 2 rings (SSSR count). The van der Waals surface area contributed by atoms with Gasteiger partial charge in [0.05, 0.1) is 0 Å². The van der Waals surface area contributed by atoms with Crippen LogP contribution in [0.2, 0.25) is 0 Å². The molecule has 3 heteroatoms. The fourth-order valence-corrected chi connectivity index (χ4v) is 3.15. The Morgan fingerprint density at radius 2 is 2.28 bits per heavy atom. The van der Waals surface area contributed by atoms with Gasteiger partial charge >= 0.3 is 0 Å². The highest BCUT2D eigenvalue weighted by Gasteiger charge is 2.23. The van der Waals surface area contributed by atoms with Crippen LogP contribution in [0.1, 0.15) is 38.2 Å². The van der Waals surface area contributed by atoms with E-state index in [0.717, 1.165) is 24.0 Å². The molecule has 1 unspecified atom stereocenters. The van der Waals surface area contributed by atoms with Crippen LogP contribution in [0.5, 0.6) is 0 Å². The van der Waals surface area contributed by atoms with Crippen molar-refractivity contribution in [2.75, 3.05) is 6.54 Å². The van der Waals surface area contributed by atoms with Gasteiger partial charge in [0.25, 0.3) is 0 Å². The van der Waals surface area contributed by atoms with E-state index in [1.807, 2.05) is 6.07 Å². The molecular weight excluding hydrogens is 290 g/mol. The summed E-state index contributed by atoms with van der Waals surface area (Å²) in [5, 5.41) is 0. The average molecular weight is 310 g/mol. The second-order valence-corrected chi connectivity index (χ2v) is 6.07. The largest absolute Gasteiger partial charge is 0.300 e. The molecule has 1 aliphatic rings. The van der Waals surface area contributed by atoms with E-state index in [2.05, 4.69) is 39.0 Å². The third kappa shape index (κ3) is 3.92. The second kappa shape index (κ2) is 6.48. The molecule has 0 aliphatic carbocycles. The zero-order chi connectivity index (χ0) is 13.0. The Kier molecular flexibility index (Phi) is 4.95. The van der Waals surface area contributed by atoms with E-state index in [1.165, 1.54) is 18.4 Å². The normalized spacial score (nSPS) is 20.9. The summed E-state index contributed by atoms with van der Waals surface area (Å²) >= 11 is 3.51. The maximum atomic E-state index is 11.3. The topological polar surface area (TPSA) is 20.3 Å². The minimum absolute atomic E-state index is 0.307. The van der Waals surface area contributed by atoms with Crippen molar-refractivity contribution in [2.45, 2.75) is 45.2 Å². The monoisotopic (exact) mass is 309 g/mol. The number of hydrogen-bond donors (Lipinski definition) is 0. The zero-order valence-corrected chi connectivity index (χ0v) is 12.4. The number of hydrogen-bond acceptors (Lipinski definition) is 2. The molecule has 98 valence electrons. The average Bonchev–Trinajstić information content (AvgIpc) is 2.31. The summed E-state index contributed by atoms with van der Waals surface area (Å²) < 4.78 is 1.13. The van der Waals surface area contributed by atoms with Gasteiger partial charge in [-0.05, 0) is 44.0 Å². The Balaban J connectivity index is 2.03. The van der Waals surface area contributed by atoms with Crippen LogP contribution in [-0.4, -0.2) is 23.3 Å². The van der Waals surface area contributed by atoms with Crippen LogP contribution < -0.4 is 0 Å². The van der Waals surface area contributed by atoms with Gasteiger partial charge in [-0.2, -0.15) is 0 Å². The van der Waals surface area contributed by atoms with E-state index in [1.54, 1.807) is 6.92 Å². The van der Waals surface area contributed by atoms with E-state index in [4.69, 9.17) is 0 Å². The number of carbonyl (C=O) groups excluding carboxylic acids is 1. The molecule has 0 spiro atoms. The van der Waals surface area contributed by atoms with E-state index in [0.29, 0.717) is 18.2 Å². The fourth-order valence-electron chi connectivity index (χ4n) is 2.70. The predicted molar refractivity (Wildman–Crippen MR) is 77.5 cm³/mol. The highest BCUT2D eigenvalue weighted by Crippen LogP contribution is 2.23. The van der Waals surface area contributed by atoms with E-state index in [9.17, 15) is 4.79 Å². The molecule has 1 aromatic rings. The Labute approximate surface area is 117 Å². The Bertz CT molecular complexity index is 419. The van der Waals surface area contributed by atoms with Crippen molar-refractivity contribution < 1.29 is 4.79 Å². The number of benzene rings is 1. The zero-order valence-electron chi connectivity index (χ0n) is 10.9. The second-order valence-electron chi connectivity index (χ2n) is 5.16. The molecule has 0 N–H and O–H groups in total. The standard InChI is InChI=1S/C15H20BrNO/c1-12(18)9-15-7-2-3-8-17(15)11-13-5-4-6-14(16)10-13/h4-6,10,15H,2-3,7-9,11H2,1H3. The number of piperidine rings is 1. The lowest BCUT2D eigenvalue weighted by Crippen LogP contribution is -2.39. The lowest BCUT2D eigenvalue weighted by Gasteiger charge is -2.35. The van der Waals surface area contributed by atoms with Gasteiger partial charge in [0, 0.05) is 23.5 Å². The first-order valence-electron chi connectivity index (χ1n) is 6.63. The molecule has 0 amide bonds. The molecule has 0 aromatic heterocycles. The van der Waals surface area contributed by atoms with Crippen molar-refractivity contribution in [3.8, 4) is 0 Å². The molecule has 1 fully saturated rings. The number of halogens is 1. The number of Topliss-reactive ketones (excluding diaryl/α,β-unsaturated/α-hetero) is 1. The van der Waals surface area contributed by atoms with Gasteiger partial charge < -0.3 is 0 Å². The molecule has 0 saturated carbocycles. The molecular formula is C15H20BrNO. The Morgan fingerprint density at radius 1 is 1.44 bits per heavy atom. The maximum absolute atomic E-state index is 11.3. The molecule has 2 nitrogen and oxygen atoms in total. The van der Waals surface area contributed by atoms with Crippen LogP contribution in [0.25, 0.3) is 0 Å². The van der Waals surface area contributed by atoms with Gasteiger partial charge in [-0.15, -0.1) is 0 Å². The van der Waals surface area contributed by atoms with Crippen LogP contribution in [0.3, 0.4) is 0 Å². The number of nitrogens with zero attached hydrogens (tertiary/aromatic N) is 1. The summed E-state index contributed by atoms with van der Waals surface area (Å²) in [6, 6.07) is 8.88. The van der Waals surface area contributed by atoms with Crippen molar-refractivity contribution in [1.29, 1.82) is 0 Å². The summed E-state index contributed by atoms with van der Waals surface area (Å²) in [4.78, 5) is 13.8.